The second kappa shape index (κ2) is 5.23. The molecule has 1 heterocycles. The Bertz CT molecular complexity index is 607. The molecule has 0 aliphatic carbocycles. The summed E-state index contributed by atoms with van der Waals surface area (Å²) >= 11 is 0. The molecule has 0 radical (unpaired) electrons. The van der Waals surface area contributed by atoms with Crippen LogP contribution in [0.15, 0.2) is 30.7 Å². The second-order valence-corrected chi connectivity index (χ2v) is 3.72. The Morgan fingerprint density at radius 3 is 2.94 bits per heavy atom. The Labute approximate surface area is 104 Å². The van der Waals surface area contributed by atoms with Crippen molar-refractivity contribution in [1.82, 2.24) is 9.97 Å². The van der Waals surface area contributed by atoms with Crippen molar-refractivity contribution in [2.75, 3.05) is 0 Å². The fraction of sp³-hybridized carbons (Fsp3) is 0.154. The molecular weight excluding hydrogens is 233 g/mol. The van der Waals surface area contributed by atoms with E-state index >= 15 is 0 Å². The van der Waals surface area contributed by atoms with Gasteiger partial charge in [0.05, 0.1) is 11.6 Å². The Morgan fingerprint density at radius 1 is 1.44 bits per heavy atom. The molecule has 0 unspecified atom stereocenters. The van der Waals surface area contributed by atoms with Gasteiger partial charge in [0.15, 0.2) is 0 Å². The molecule has 1 aromatic carbocycles. The van der Waals surface area contributed by atoms with E-state index in [0.29, 0.717) is 11.4 Å². The van der Waals surface area contributed by atoms with Crippen molar-refractivity contribution in [2.45, 2.75) is 13.5 Å². The largest absolute Gasteiger partial charge is 0.472 e. The summed E-state index contributed by atoms with van der Waals surface area (Å²) in [5, 5.41) is 8.63. The number of aryl methyl sites for hydroxylation is 1. The number of benzene rings is 1. The molecule has 0 saturated heterocycles. The van der Waals surface area contributed by atoms with Crippen molar-refractivity contribution in [2.24, 2.45) is 0 Å². The average molecular weight is 243 g/mol. The van der Waals surface area contributed by atoms with Crippen LogP contribution in [0.4, 0.5) is 4.39 Å². The molecule has 0 aliphatic rings. The first-order valence-electron chi connectivity index (χ1n) is 5.28. The van der Waals surface area contributed by atoms with Crippen LogP contribution in [-0.2, 0) is 6.61 Å². The molecule has 0 fully saturated rings. The van der Waals surface area contributed by atoms with E-state index < -0.39 is 5.82 Å². The zero-order valence-electron chi connectivity index (χ0n) is 9.72. The van der Waals surface area contributed by atoms with Crippen molar-refractivity contribution in [3.8, 4) is 11.9 Å². The predicted molar refractivity (Wildman–Crippen MR) is 62.2 cm³/mol. The van der Waals surface area contributed by atoms with E-state index in [-0.39, 0.29) is 12.2 Å². The molecule has 4 nitrogen and oxygen atoms in total. The monoisotopic (exact) mass is 243 g/mol. The fourth-order valence-electron chi connectivity index (χ4n) is 1.42. The lowest BCUT2D eigenvalue weighted by Gasteiger charge is -2.07. The third-order valence-electron chi connectivity index (χ3n) is 2.39. The third kappa shape index (κ3) is 2.61. The van der Waals surface area contributed by atoms with E-state index in [0.717, 1.165) is 5.56 Å². The molecule has 0 saturated carbocycles. The molecule has 1 aromatic heterocycles. The summed E-state index contributed by atoms with van der Waals surface area (Å²) in [7, 11) is 0. The van der Waals surface area contributed by atoms with E-state index in [2.05, 4.69) is 9.97 Å². The maximum atomic E-state index is 13.6. The van der Waals surface area contributed by atoms with Crippen LogP contribution in [0.25, 0.3) is 0 Å². The number of halogens is 1. The summed E-state index contributed by atoms with van der Waals surface area (Å²) in [4.78, 5) is 7.79. The van der Waals surface area contributed by atoms with E-state index in [1.165, 1.54) is 18.5 Å². The highest BCUT2D eigenvalue weighted by Crippen LogP contribution is 2.15. The highest BCUT2D eigenvalue weighted by atomic mass is 19.1. The van der Waals surface area contributed by atoms with Gasteiger partial charge in [-0.15, -0.1) is 0 Å². The molecule has 2 rings (SSSR count). The van der Waals surface area contributed by atoms with E-state index in [1.807, 2.05) is 13.0 Å². The van der Waals surface area contributed by atoms with E-state index in [1.54, 1.807) is 12.3 Å². The van der Waals surface area contributed by atoms with E-state index in [4.69, 9.17) is 10.00 Å². The number of hydrogen-bond donors (Lipinski definition) is 0. The molecule has 0 aliphatic heterocycles. The normalized spacial score (nSPS) is 9.83. The molecular formula is C13H10FN3O. The van der Waals surface area contributed by atoms with E-state index in [9.17, 15) is 4.39 Å². The van der Waals surface area contributed by atoms with Crippen LogP contribution in [0.2, 0.25) is 0 Å². The van der Waals surface area contributed by atoms with Crippen LogP contribution in [0.1, 0.15) is 16.7 Å². The Kier molecular flexibility index (Phi) is 3.49. The second-order valence-electron chi connectivity index (χ2n) is 3.72. The molecule has 18 heavy (non-hydrogen) atoms. The number of aromatic nitrogens is 2. The van der Waals surface area contributed by atoms with Gasteiger partial charge in [-0.2, -0.15) is 5.26 Å². The van der Waals surface area contributed by atoms with Crippen LogP contribution >= 0.6 is 0 Å². The van der Waals surface area contributed by atoms with Crippen molar-refractivity contribution in [3.63, 3.8) is 0 Å². The Balaban J connectivity index is 2.12. The van der Waals surface area contributed by atoms with Gasteiger partial charge in [-0.25, -0.2) is 14.4 Å². The maximum absolute atomic E-state index is 13.6. The van der Waals surface area contributed by atoms with Gasteiger partial charge in [0, 0.05) is 17.3 Å². The average Bonchev–Trinajstić information content (AvgIpc) is 2.39. The summed E-state index contributed by atoms with van der Waals surface area (Å²) in [5.74, 6) is -0.0329. The lowest BCUT2D eigenvalue weighted by Crippen LogP contribution is -2.01. The van der Waals surface area contributed by atoms with Crippen LogP contribution < -0.4 is 4.74 Å². The highest BCUT2D eigenvalue weighted by molar-refractivity contribution is 5.33. The minimum absolute atomic E-state index is 0.0649. The summed E-state index contributed by atoms with van der Waals surface area (Å²) in [6.45, 7) is 1.87. The number of nitrogens with zero attached hydrogens (tertiary/aromatic N) is 3. The van der Waals surface area contributed by atoms with Gasteiger partial charge in [-0.3, -0.25) is 0 Å². The minimum Gasteiger partial charge on any atom is -0.472 e. The summed E-state index contributed by atoms with van der Waals surface area (Å²) in [6.07, 6.45) is 2.99. The van der Waals surface area contributed by atoms with Crippen molar-refractivity contribution in [1.29, 1.82) is 5.26 Å². The molecule has 2 aromatic rings. The molecule has 0 N–H and O–H groups in total. The van der Waals surface area contributed by atoms with Gasteiger partial charge >= 0.3 is 0 Å². The highest BCUT2D eigenvalue weighted by Gasteiger charge is 2.06. The molecule has 0 bridgehead atoms. The first-order valence-corrected chi connectivity index (χ1v) is 5.28. The number of rotatable bonds is 3. The molecule has 0 spiro atoms. The van der Waals surface area contributed by atoms with Crippen molar-refractivity contribution < 1.29 is 9.13 Å². The quantitative estimate of drug-likeness (QED) is 0.830. The topological polar surface area (TPSA) is 58.8 Å². The van der Waals surface area contributed by atoms with Gasteiger partial charge in [0.2, 0.25) is 5.88 Å². The Hall–Kier alpha value is -2.48. The van der Waals surface area contributed by atoms with Crippen LogP contribution in [-0.4, -0.2) is 9.97 Å². The number of hydrogen-bond acceptors (Lipinski definition) is 4. The zero-order valence-corrected chi connectivity index (χ0v) is 9.72. The van der Waals surface area contributed by atoms with Crippen LogP contribution in [0.3, 0.4) is 0 Å². The minimum atomic E-state index is -0.458. The van der Waals surface area contributed by atoms with Crippen molar-refractivity contribution >= 4 is 0 Å². The fourth-order valence-corrected chi connectivity index (χ4v) is 1.42. The summed E-state index contributed by atoms with van der Waals surface area (Å²) in [5.41, 5.74) is 1.45. The first kappa shape index (κ1) is 12.0. The number of nitriles is 1. The SMILES string of the molecule is Cc1cncnc1OCc1ccc(C#N)cc1F. The first-order chi connectivity index (χ1) is 8.70. The zero-order chi connectivity index (χ0) is 13.0. The van der Waals surface area contributed by atoms with Gasteiger partial charge < -0.3 is 4.74 Å². The summed E-state index contributed by atoms with van der Waals surface area (Å²) in [6, 6.07) is 6.14. The van der Waals surface area contributed by atoms with Gasteiger partial charge in [-0.1, -0.05) is 6.07 Å². The lowest BCUT2D eigenvalue weighted by atomic mass is 10.1. The van der Waals surface area contributed by atoms with Gasteiger partial charge in [0.25, 0.3) is 0 Å². The van der Waals surface area contributed by atoms with Gasteiger partial charge in [0.1, 0.15) is 18.8 Å². The van der Waals surface area contributed by atoms with Gasteiger partial charge in [-0.05, 0) is 19.1 Å². The lowest BCUT2D eigenvalue weighted by molar-refractivity contribution is 0.285. The molecule has 5 heteroatoms. The summed E-state index contributed by atoms with van der Waals surface area (Å²) < 4.78 is 19.0. The van der Waals surface area contributed by atoms with Crippen LogP contribution in [0.5, 0.6) is 5.88 Å². The molecule has 0 amide bonds. The molecule has 90 valence electrons. The number of ether oxygens (including phenoxy) is 1. The maximum Gasteiger partial charge on any atom is 0.219 e. The third-order valence-corrected chi connectivity index (χ3v) is 2.39. The van der Waals surface area contributed by atoms with Crippen LogP contribution in [0, 0.1) is 24.1 Å². The van der Waals surface area contributed by atoms with Crippen molar-refractivity contribution in [3.05, 3.63) is 53.2 Å². The Morgan fingerprint density at radius 2 is 2.28 bits per heavy atom. The smallest absolute Gasteiger partial charge is 0.219 e. The molecule has 0 atom stereocenters. The standard InChI is InChI=1S/C13H10FN3O/c1-9-6-16-8-17-13(9)18-7-11-3-2-10(5-15)4-12(11)14/h2-4,6,8H,7H2,1H3. The predicted octanol–water partition coefficient (Wildman–Crippen LogP) is 2.37.